The van der Waals surface area contributed by atoms with E-state index >= 15 is 0 Å². The lowest BCUT2D eigenvalue weighted by Crippen LogP contribution is -2.58. The van der Waals surface area contributed by atoms with Gasteiger partial charge in [0.25, 0.3) is 5.91 Å². The summed E-state index contributed by atoms with van der Waals surface area (Å²) in [4.78, 5) is 54.9. The normalized spacial score (nSPS) is 13.1. The molecule has 4 N–H and O–H groups in total. The zero-order valence-electron chi connectivity index (χ0n) is 26.4. The Balaban J connectivity index is 2.12. The molecule has 0 aliphatic carbocycles. The van der Waals surface area contributed by atoms with Gasteiger partial charge in [-0.25, -0.2) is 4.79 Å². The molecule has 0 fully saturated rings. The molecule has 43 heavy (non-hydrogen) atoms. The topological polar surface area (TPSA) is 131 Å². The highest BCUT2D eigenvalue weighted by Crippen LogP contribution is 2.35. The number of ether oxygens (including phenoxy) is 1. The van der Waals surface area contributed by atoms with Crippen LogP contribution in [0.2, 0.25) is 0 Å². The largest absolute Gasteiger partial charge is 0.444 e. The third-order valence-corrected chi connectivity index (χ3v) is 6.97. The van der Waals surface area contributed by atoms with Gasteiger partial charge >= 0.3 is 6.09 Å². The molecule has 230 valence electrons. The summed E-state index contributed by atoms with van der Waals surface area (Å²) >= 11 is 0. The number of amides is 4. The van der Waals surface area contributed by atoms with E-state index in [1.807, 2.05) is 95.3 Å². The molecule has 3 aromatic rings. The molecule has 0 aliphatic rings. The maximum absolute atomic E-state index is 14.5. The summed E-state index contributed by atoms with van der Waals surface area (Å²) in [6, 6.07) is 16.9. The quantitative estimate of drug-likeness (QED) is 0.286. The summed E-state index contributed by atoms with van der Waals surface area (Å²) in [6.45, 7) is 14.4. The summed E-state index contributed by atoms with van der Waals surface area (Å²) in [5.74, 6) is -1.57. The number of carbonyl (C=O) groups is 4. The van der Waals surface area contributed by atoms with Gasteiger partial charge < -0.3 is 26.0 Å². The van der Waals surface area contributed by atoms with Gasteiger partial charge in [-0.2, -0.15) is 0 Å². The second-order valence-corrected chi connectivity index (χ2v) is 12.8. The van der Waals surface area contributed by atoms with E-state index in [1.165, 1.54) is 4.90 Å². The van der Waals surface area contributed by atoms with Crippen LogP contribution in [0.15, 0.2) is 60.7 Å². The number of nitrogens with one attached hydrogen (secondary N) is 2. The molecule has 4 amide bonds. The average Bonchev–Trinajstić information content (AvgIpc) is 2.88. The number of nitrogens with zero attached hydrogens (tertiary/aromatic N) is 1. The predicted octanol–water partition coefficient (Wildman–Crippen LogP) is 5.92. The first-order valence-corrected chi connectivity index (χ1v) is 14.4. The molecular formula is C34H44N4O5. The van der Waals surface area contributed by atoms with E-state index in [2.05, 4.69) is 10.6 Å². The molecule has 0 radical (unpaired) electrons. The number of alkyl carbamates (subject to hydrolysis) is 1. The first kappa shape index (κ1) is 33.1. The molecule has 0 saturated heterocycles. The van der Waals surface area contributed by atoms with Crippen molar-refractivity contribution in [3.8, 4) is 0 Å². The molecule has 3 aromatic carbocycles. The van der Waals surface area contributed by atoms with Gasteiger partial charge in [0.2, 0.25) is 11.8 Å². The highest BCUT2D eigenvalue weighted by Gasteiger charge is 2.43. The zero-order valence-corrected chi connectivity index (χ0v) is 26.4. The van der Waals surface area contributed by atoms with Crippen LogP contribution in [0.3, 0.4) is 0 Å². The van der Waals surface area contributed by atoms with E-state index in [0.29, 0.717) is 11.3 Å². The molecule has 0 aliphatic heterocycles. The van der Waals surface area contributed by atoms with Crippen molar-refractivity contribution < 1.29 is 23.9 Å². The van der Waals surface area contributed by atoms with E-state index in [0.717, 1.165) is 21.9 Å². The van der Waals surface area contributed by atoms with Gasteiger partial charge in [0.1, 0.15) is 17.7 Å². The van der Waals surface area contributed by atoms with Gasteiger partial charge in [0, 0.05) is 17.6 Å². The van der Waals surface area contributed by atoms with Crippen molar-refractivity contribution in [3.63, 3.8) is 0 Å². The number of nitrogens with two attached hydrogens (primary N) is 1. The van der Waals surface area contributed by atoms with E-state index in [1.54, 1.807) is 20.8 Å². The Bertz CT molecular complexity index is 1480. The summed E-state index contributed by atoms with van der Waals surface area (Å²) in [5.41, 5.74) is 6.64. The number of hydrogen-bond acceptors (Lipinski definition) is 5. The van der Waals surface area contributed by atoms with Crippen LogP contribution < -0.4 is 16.4 Å². The first-order chi connectivity index (χ1) is 20.0. The molecule has 2 unspecified atom stereocenters. The molecule has 0 aromatic heterocycles. The first-order valence-electron chi connectivity index (χ1n) is 14.4. The average molecular weight is 589 g/mol. The number of benzene rings is 3. The Kier molecular flexibility index (Phi) is 10.2. The third-order valence-electron chi connectivity index (χ3n) is 6.97. The number of fused-ring (bicyclic) bond motifs is 1. The minimum absolute atomic E-state index is 0.0637. The van der Waals surface area contributed by atoms with Crippen molar-refractivity contribution in [1.29, 1.82) is 0 Å². The van der Waals surface area contributed by atoms with Gasteiger partial charge in [0.15, 0.2) is 0 Å². The van der Waals surface area contributed by atoms with Gasteiger partial charge in [-0.15, -0.1) is 0 Å². The van der Waals surface area contributed by atoms with Crippen LogP contribution in [0.5, 0.6) is 0 Å². The highest BCUT2D eigenvalue weighted by atomic mass is 16.6. The van der Waals surface area contributed by atoms with E-state index in [-0.39, 0.29) is 12.8 Å². The van der Waals surface area contributed by atoms with Crippen LogP contribution in [0.25, 0.3) is 10.8 Å². The summed E-state index contributed by atoms with van der Waals surface area (Å²) < 4.78 is 5.42. The zero-order chi connectivity index (χ0) is 32.1. The van der Waals surface area contributed by atoms with Gasteiger partial charge in [-0.1, -0.05) is 48.5 Å². The summed E-state index contributed by atoms with van der Waals surface area (Å²) in [6.07, 6.45) is -1.03. The number of rotatable bonds is 9. The second kappa shape index (κ2) is 13.3. The van der Waals surface area contributed by atoms with Crippen molar-refractivity contribution in [2.45, 2.75) is 91.5 Å². The maximum Gasteiger partial charge on any atom is 0.408 e. The lowest BCUT2D eigenvalue weighted by Gasteiger charge is -2.43. The third kappa shape index (κ3) is 8.80. The fourth-order valence-electron chi connectivity index (χ4n) is 5.12. The molecule has 2 atom stereocenters. The minimum atomic E-state index is -1.18. The Labute approximate surface area is 254 Å². The fraction of sp³-hybridized carbons (Fsp3) is 0.412. The number of hydrogen-bond donors (Lipinski definition) is 3. The van der Waals surface area contributed by atoms with E-state index in [9.17, 15) is 19.2 Å². The SMILES string of the molecule is Cc1cccc(C)c1C(C(=O)Nc1ccc2ccccc2c1)N(C(=O)C(CCC(N)=O)NC(=O)OC(C)(C)C)C(C)(C)C. The van der Waals surface area contributed by atoms with Crippen molar-refractivity contribution in [2.24, 2.45) is 5.73 Å². The summed E-state index contributed by atoms with van der Waals surface area (Å²) in [5, 5.41) is 7.66. The van der Waals surface area contributed by atoms with Crippen LogP contribution in [-0.2, 0) is 19.1 Å². The molecule has 9 nitrogen and oxygen atoms in total. The van der Waals surface area contributed by atoms with Crippen LogP contribution in [0.4, 0.5) is 10.5 Å². The Morgan fingerprint density at radius 1 is 0.860 bits per heavy atom. The van der Waals surface area contributed by atoms with Crippen LogP contribution in [0.1, 0.15) is 77.1 Å². The van der Waals surface area contributed by atoms with Crippen LogP contribution in [0, 0.1) is 13.8 Å². The molecule has 0 heterocycles. The van der Waals surface area contributed by atoms with Crippen LogP contribution >= 0.6 is 0 Å². The Morgan fingerprint density at radius 2 is 1.47 bits per heavy atom. The highest BCUT2D eigenvalue weighted by molar-refractivity contribution is 6.01. The van der Waals surface area contributed by atoms with Crippen LogP contribution in [-0.4, -0.2) is 45.9 Å². The summed E-state index contributed by atoms with van der Waals surface area (Å²) in [7, 11) is 0. The van der Waals surface area contributed by atoms with Crippen molar-refractivity contribution >= 4 is 40.3 Å². The monoisotopic (exact) mass is 588 g/mol. The molecular weight excluding hydrogens is 544 g/mol. The number of anilines is 1. The lowest BCUT2D eigenvalue weighted by molar-refractivity contribution is -0.147. The standard InChI is InChI=1S/C34H44N4O5/c1-21-12-11-13-22(2)28(21)29(30(40)36-25-17-16-23-14-9-10-15-24(23)20-25)38(33(3,4)5)31(41)26(18-19-27(35)39)37-32(42)43-34(6,7)8/h9-17,20,26,29H,18-19H2,1-8H3,(H2,35,39)(H,36,40)(H,37,42). The fourth-order valence-corrected chi connectivity index (χ4v) is 5.12. The minimum Gasteiger partial charge on any atom is -0.444 e. The Hall–Kier alpha value is -4.40. The molecule has 0 spiro atoms. The number of aryl methyl sites for hydroxylation is 2. The molecule has 0 saturated carbocycles. The van der Waals surface area contributed by atoms with Crippen molar-refractivity contribution in [1.82, 2.24) is 10.2 Å². The predicted molar refractivity (Wildman–Crippen MR) is 169 cm³/mol. The second-order valence-electron chi connectivity index (χ2n) is 12.8. The van der Waals surface area contributed by atoms with E-state index < -0.39 is 47.0 Å². The Morgan fingerprint density at radius 3 is 2.02 bits per heavy atom. The van der Waals surface area contributed by atoms with Crippen molar-refractivity contribution in [3.05, 3.63) is 77.4 Å². The maximum atomic E-state index is 14.5. The number of primary amides is 1. The van der Waals surface area contributed by atoms with Gasteiger partial charge in [-0.3, -0.25) is 14.4 Å². The van der Waals surface area contributed by atoms with Gasteiger partial charge in [0.05, 0.1) is 0 Å². The van der Waals surface area contributed by atoms with Crippen molar-refractivity contribution in [2.75, 3.05) is 5.32 Å². The smallest absolute Gasteiger partial charge is 0.408 e. The molecule has 3 rings (SSSR count). The molecule has 0 bridgehead atoms. The molecule has 9 heteroatoms. The lowest BCUT2D eigenvalue weighted by atomic mass is 9.89. The van der Waals surface area contributed by atoms with E-state index in [4.69, 9.17) is 10.5 Å². The number of carbonyl (C=O) groups excluding carboxylic acids is 4. The van der Waals surface area contributed by atoms with Gasteiger partial charge in [-0.05, 0) is 101 Å².